The number of hydrogen-bond acceptors (Lipinski definition) is 1. The minimum absolute atomic E-state index is 0.0867. The molecule has 0 saturated carbocycles. The molecule has 0 unspecified atom stereocenters. The Kier molecular flexibility index (Phi) is 6.75. The summed E-state index contributed by atoms with van der Waals surface area (Å²) < 4.78 is 0. The Labute approximate surface area is 153 Å². The fourth-order valence-corrected chi connectivity index (χ4v) is 6.16. The molecule has 3 rings (SSSR count). The first-order valence-electron chi connectivity index (χ1n) is 8.99. The van der Waals surface area contributed by atoms with Gasteiger partial charge in [-0.3, -0.25) is 0 Å². The van der Waals surface area contributed by atoms with Crippen molar-refractivity contribution in [3.63, 3.8) is 0 Å². The molecule has 2 aromatic rings. The number of fused-ring (bicyclic) bond motifs is 2. The average Bonchev–Trinajstić information content (AvgIpc) is 2.63. The smallest absolute Gasteiger partial charge is 0.0794 e. The summed E-state index contributed by atoms with van der Waals surface area (Å²) in [6, 6.07) is 17.5. The van der Waals surface area contributed by atoms with Gasteiger partial charge in [-0.05, 0) is 36.6 Å². The van der Waals surface area contributed by atoms with Gasteiger partial charge in [0.2, 0.25) is 0 Å². The number of rotatable bonds is 6. The summed E-state index contributed by atoms with van der Waals surface area (Å²) >= 11 is 1.88. The second-order valence-electron chi connectivity index (χ2n) is 6.10. The molecular formula is C22H25S2+. The first kappa shape index (κ1) is 17.5. The molecule has 1 heterocycles. The standard InChI is InChI=1S/C22H25S2/c1-2-3-4-5-6-7-8-13-18-24-21-16-11-9-14-19(21)23-20-15-10-12-17-22(20)24/h9-12,14-17H,2-8H2,1H3/q+1. The van der Waals surface area contributed by atoms with Gasteiger partial charge in [0.25, 0.3) is 0 Å². The van der Waals surface area contributed by atoms with E-state index in [1.165, 1.54) is 58.1 Å². The van der Waals surface area contributed by atoms with E-state index in [1.807, 2.05) is 11.8 Å². The van der Waals surface area contributed by atoms with E-state index >= 15 is 0 Å². The quantitative estimate of drug-likeness (QED) is 0.309. The molecule has 0 amide bonds. The zero-order valence-corrected chi connectivity index (χ0v) is 16.0. The molecule has 0 aliphatic carbocycles. The molecule has 0 aromatic heterocycles. The largest absolute Gasteiger partial charge is 0.189 e. The monoisotopic (exact) mass is 353 g/mol. The lowest BCUT2D eigenvalue weighted by molar-refractivity contribution is 0.614. The van der Waals surface area contributed by atoms with Crippen LogP contribution in [-0.4, -0.2) is 0 Å². The van der Waals surface area contributed by atoms with Crippen LogP contribution in [0.25, 0.3) is 0 Å². The topological polar surface area (TPSA) is 0 Å². The van der Waals surface area contributed by atoms with Crippen molar-refractivity contribution < 1.29 is 0 Å². The molecule has 0 atom stereocenters. The van der Waals surface area contributed by atoms with Gasteiger partial charge in [0, 0.05) is 6.42 Å². The Hall–Kier alpha value is -1.30. The molecule has 1 aliphatic heterocycles. The predicted octanol–water partition coefficient (Wildman–Crippen LogP) is 6.90. The highest BCUT2D eigenvalue weighted by Gasteiger charge is 2.34. The second kappa shape index (κ2) is 9.25. The van der Waals surface area contributed by atoms with E-state index in [0.717, 1.165) is 6.42 Å². The number of benzene rings is 2. The van der Waals surface area contributed by atoms with E-state index in [4.69, 9.17) is 0 Å². The highest BCUT2D eigenvalue weighted by atomic mass is 32.2. The lowest BCUT2D eigenvalue weighted by Gasteiger charge is -2.14. The SMILES string of the molecule is CCCCCCCCC#C[S+]1c2ccccc2Sc2ccccc21. The number of unbranched alkanes of at least 4 members (excludes halogenated alkanes) is 6. The summed E-state index contributed by atoms with van der Waals surface area (Å²) in [6.45, 7) is 2.27. The molecule has 0 spiro atoms. The van der Waals surface area contributed by atoms with E-state index < -0.39 is 0 Å². The molecule has 2 heteroatoms. The van der Waals surface area contributed by atoms with Gasteiger partial charge in [-0.1, -0.05) is 75.1 Å². The molecule has 0 N–H and O–H groups in total. The van der Waals surface area contributed by atoms with Crippen molar-refractivity contribution in [3.8, 4) is 11.2 Å². The first-order chi connectivity index (χ1) is 11.9. The Morgan fingerprint density at radius 1 is 0.792 bits per heavy atom. The summed E-state index contributed by atoms with van der Waals surface area (Å²) in [6.07, 6.45) is 9.04. The molecule has 0 radical (unpaired) electrons. The van der Waals surface area contributed by atoms with Crippen molar-refractivity contribution in [2.75, 3.05) is 0 Å². The van der Waals surface area contributed by atoms with Gasteiger partial charge < -0.3 is 0 Å². The molecule has 0 bridgehead atoms. The molecule has 124 valence electrons. The highest BCUT2D eigenvalue weighted by Crippen LogP contribution is 2.44. The van der Waals surface area contributed by atoms with Crippen LogP contribution in [0.15, 0.2) is 68.1 Å². The Morgan fingerprint density at radius 2 is 1.38 bits per heavy atom. The molecule has 1 aliphatic rings. The minimum atomic E-state index is -0.0867. The summed E-state index contributed by atoms with van der Waals surface area (Å²) in [5.41, 5.74) is 0. The van der Waals surface area contributed by atoms with Gasteiger partial charge in [0.15, 0.2) is 25.9 Å². The predicted molar refractivity (Wildman–Crippen MR) is 107 cm³/mol. The van der Waals surface area contributed by atoms with Crippen molar-refractivity contribution in [2.45, 2.75) is 71.5 Å². The van der Waals surface area contributed by atoms with Crippen molar-refractivity contribution in [2.24, 2.45) is 0 Å². The zero-order chi connectivity index (χ0) is 16.6. The van der Waals surface area contributed by atoms with Crippen LogP contribution >= 0.6 is 11.8 Å². The van der Waals surface area contributed by atoms with E-state index in [0.29, 0.717) is 0 Å². The van der Waals surface area contributed by atoms with Crippen LogP contribution in [-0.2, 0) is 10.9 Å². The normalized spacial score (nSPS) is 12.9. The van der Waals surface area contributed by atoms with Gasteiger partial charge in [-0.25, -0.2) is 0 Å². The summed E-state index contributed by atoms with van der Waals surface area (Å²) in [5, 5.41) is 3.60. The Balaban J connectivity index is 1.66. The maximum Gasteiger partial charge on any atom is 0.189 e. The molecule has 2 aromatic carbocycles. The van der Waals surface area contributed by atoms with E-state index in [-0.39, 0.29) is 10.9 Å². The van der Waals surface area contributed by atoms with Crippen LogP contribution in [0.2, 0.25) is 0 Å². The molecule has 0 saturated heterocycles. The van der Waals surface area contributed by atoms with Gasteiger partial charge in [0.1, 0.15) is 0 Å². The summed E-state index contributed by atoms with van der Waals surface area (Å²) in [7, 11) is -0.0867. The third-order valence-corrected chi connectivity index (χ3v) is 7.54. The summed E-state index contributed by atoms with van der Waals surface area (Å²) in [5.74, 6) is 3.48. The van der Waals surface area contributed by atoms with Crippen LogP contribution < -0.4 is 0 Å². The fraction of sp³-hybridized carbons (Fsp3) is 0.364. The maximum absolute atomic E-state index is 3.60. The lowest BCUT2D eigenvalue weighted by atomic mass is 10.1. The minimum Gasteiger partial charge on any atom is -0.0794 e. The molecule has 24 heavy (non-hydrogen) atoms. The maximum atomic E-state index is 3.60. The summed E-state index contributed by atoms with van der Waals surface area (Å²) in [4.78, 5) is 5.54. The van der Waals surface area contributed by atoms with Gasteiger partial charge in [-0.15, -0.1) is 0 Å². The number of hydrogen-bond donors (Lipinski definition) is 0. The molecule has 0 nitrogen and oxygen atoms in total. The first-order valence-corrected chi connectivity index (χ1v) is 11.0. The van der Waals surface area contributed by atoms with Crippen molar-refractivity contribution in [1.29, 1.82) is 0 Å². The van der Waals surface area contributed by atoms with Gasteiger partial charge in [-0.2, -0.15) is 0 Å². The Bertz CT molecular complexity index is 678. The van der Waals surface area contributed by atoms with Crippen LogP contribution in [0.5, 0.6) is 0 Å². The van der Waals surface area contributed by atoms with Crippen LogP contribution in [0.1, 0.15) is 51.9 Å². The van der Waals surface area contributed by atoms with E-state index in [2.05, 4.69) is 66.6 Å². The van der Waals surface area contributed by atoms with Gasteiger partial charge in [0.05, 0.1) is 9.79 Å². The van der Waals surface area contributed by atoms with Crippen LogP contribution in [0.4, 0.5) is 0 Å². The van der Waals surface area contributed by atoms with Crippen LogP contribution in [0, 0.1) is 11.2 Å². The highest BCUT2D eigenvalue weighted by molar-refractivity contribution is 8.06. The molecule has 0 fully saturated rings. The third-order valence-electron chi connectivity index (χ3n) is 4.19. The van der Waals surface area contributed by atoms with E-state index in [9.17, 15) is 0 Å². The van der Waals surface area contributed by atoms with Crippen molar-refractivity contribution in [1.82, 2.24) is 0 Å². The van der Waals surface area contributed by atoms with Crippen molar-refractivity contribution >= 4 is 22.7 Å². The van der Waals surface area contributed by atoms with E-state index in [1.54, 1.807) is 0 Å². The average molecular weight is 354 g/mol. The lowest BCUT2D eigenvalue weighted by Crippen LogP contribution is -2.07. The molecular weight excluding hydrogens is 328 g/mol. The Morgan fingerprint density at radius 3 is 2.04 bits per heavy atom. The second-order valence-corrected chi connectivity index (χ2v) is 8.88. The van der Waals surface area contributed by atoms with Gasteiger partial charge >= 0.3 is 0 Å². The van der Waals surface area contributed by atoms with Crippen LogP contribution in [0.3, 0.4) is 0 Å². The third kappa shape index (κ3) is 4.41. The fourth-order valence-electron chi connectivity index (χ4n) is 2.87. The zero-order valence-electron chi connectivity index (χ0n) is 14.4. The van der Waals surface area contributed by atoms with Crippen molar-refractivity contribution in [3.05, 3.63) is 48.5 Å².